The molecular weight excluding hydrogens is 270 g/mol. The van der Waals surface area contributed by atoms with Crippen LogP contribution in [0.1, 0.15) is 15.9 Å². The Bertz CT molecular complexity index is 667. The summed E-state index contributed by atoms with van der Waals surface area (Å²) >= 11 is 0. The molecule has 2 aromatic carbocycles. The van der Waals surface area contributed by atoms with Gasteiger partial charge in [-0.05, 0) is 42.8 Å². The fraction of sp³-hybridized carbons (Fsp3) is 0.188. The molecule has 2 N–H and O–H groups in total. The summed E-state index contributed by atoms with van der Waals surface area (Å²) < 4.78 is 10.4. The molecule has 0 amide bonds. The number of rotatable bonds is 5. The lowest BCUT2D eigenvalue weighted by molar-refractivity contribution is 0.0697. The molecule has 0 fully saturated rings. The van der Waals surface area contributed by atoms with Gasteiger partial charge in [0.1, 0.15) is 0 Å². The molecule has 2 rings (SSSR count). The second-order valence-electron chi connectivity index (χ2n) is 4.53. The van der Waals surface area contributed by atoms with Crippen LogP contribution in [0.5, 0.6) is 11.5 Å². The summed E-state index contributed by atoms with van der Waals surface area (Å²) in [6.45, 7) is 1.86. The fourth-order valence-electron chi connectivity index (χ4n) is 2.01. The molecule has 0 heterocycles. The van der Waals surface area contributed by atoms with Crippen molar-refractivity contribution in [2.24, 2.45) is 0 Å². The Labute approximate surface area is 123 Å². The summed E-state index contributed by atoms with van der Waals surface area (Å²) in [7, 11) is 3.16. The second kappa shape index (κ2) is 6.17. The van der Waals surface area contributed by atoms with E-state index < -0.39 is 5.97 Å². The smallest absolute Gasteiger partial charge is 0.335 e. The largest absolute Gasteiger partial charge is 0.493 e. The van der Waals surface area contributed by atoms with Gasteiger partial charge in [-0.1, -0.05) is 0 Å². The summed E-state index contributed by atoms with van der Waals surface area (Å²) in [5.41, 5.74) is 2.79. The first-order valence-electron chi connectivity index (χ1n) is 6.38. The summed E-state index contributed by atoms with van der Waals surface area (Å²) in [6.07, 6.45) is 0. The molecule has 2 aromatic rings. The van der Waals surface area contributed by atoms with E-state index in [4.69, 9.17) is 14.6 Å². The third kappa shape index (κ3) is 3.25. The Morgan fingerprint density at radius 1 is 1.05 bits per heavy atom. The van der Waals surface area contributed by atoms with Gasteiger partial charge < -0.3 is 19.9 Å². The van der Waals surface area contributed by atoms with Crippen molar-refractivity contribution in [2.75, 3.05) is 19.5 Å². The minimum Gasteiger partial charge on any atom is -0.493 e. The molecule has 21 heavy (non-hydrogen) atoms. The van der Waals surface area contributed by atoms with Crippen LogP contribution in [0.4, 0.5) is 11.4 Å². The number of nitrogens with one attached hydrogen (secondary N) is 1. The fourth-order valence-corrected chi connectivity index (χ4v) is 2.01. The van der Waals surface area contributed by atoms with E-state index in [-0.39, 0.29) is 5.56 Å². The number of carbonyl (C=O) groups is 1. The van der Waals surface area contributed by atoms with E-state index in [1.807, 2.05) is 25.1 Å². The van der Waals surface area contributed by atoms with Gasteiger partial charge in [0, 0.05) is 17.4 Å². The third-order valence-electron chi connectivity index (χ3n) is 3.14. The molecule has 110 valence electrons. The van der Waals surface area contributed by atoms with Gasteiger partial charge in [0.25, 0.3) is 0 Å². The van der Waals surface area contributed by atoms with Crippen LogP contribution in [-0.2, 0) is 0 Å². The number of anilines is 2. The Hall–Kier alpha value is -2.69. The molecular formula is C16H17NO4. The van der Waals surface area contributed by atoms with E-state index in [9.17, 15) is 4.79 Å². The number of hydrogen-bond donors (Lipinski definition) is 2. The monoisotopic (exact) mass is 287 g/mol. The summed E-state index contributed by atoms with van der Waals surface area (Å²) in [4.78, 5) is 10.9. The third-order valence-corrected chi connectivity index (χ3v) is 3.14. The first-order valence-corrected chi connectivity index (χ1v) is 6.38. The lowest BCUT2D eigenvalue weighted by Crippen LogP contribution is -1.99. The molecule has 0 bridgehead atoms. The number of carboxylic acid groups (broad SMARTS) is 1. The van der Waals surface area contributed by atoms with Gasteiger partial charge in [-0.2, -0.15) is 0 Å². The first-order chi connectivity index (χ1) is 10.0. The van der Waals surface area contributed by atoms with E-state index in [0.29, 0.717) is 11.5 Å². The molecule has 0 aromatic heterocycles. The second-order valence-corrected chi connectivity index (χ2v) is 4.53. The van der Waals surface area contributed by atoms with Crippen molar-refractivity contribution in [1.29, 1.82) is 0 Å². The molecule has 0 spiro atoms. The van der Waals surface area contributed by atoms with Gasteiger partial charge in [0.15, 0.2) is 11.5 Å². The van der Waals surface area contributed by atoms with Crippen molar-refractivity contribution in [2.45, 2.75) is 6.92 Å². The average Bonchev–Trinajstić information content (AvgIpc) is 2.48. The number of benzene rings is 2. The maximum atomic E-state index is 10.9. The van der Waals surface area contributed by atoms with Crippen LogP contribution in [0.2, 0.25) is 0 Å². The number of hydrogen-bond acceptors (Lipinski definition) is 4. The highest BCUT2D eigenvalue weighted by Gasteiger charge is 2.08. The van der Waals surface area contributed by atoms with E-state index in [0.717, 1.165) is 16.9 Å². The molecule has 0 saturated heterocycles. The van der Waals surface area contributed by atoms with Crippen LogP contribution < -0.4 is 14.8 Å². The van der Waals surface area contributed by atoms with Gasteiger partial charge >= 0.3 is 5.97 Å². The van der Waals surface area contributed by atoms with Crippen molar-refractivity contribution in [1.82, 2.24) is 0 Å². The lowest BCUT2D eigenvalue weighted by Gasteiger charge is -2.13. The molecule has 0 radical (unpaired) electrons. The van der Waals surface area contributed by atoms with Crippen LogP contribution in [0.15, 0.2) is 36.4 Å². The molecule has 5 heteroatoms. The zero-order valence-corrected chi connectivity index (χ0v) is 12.1. The molecule has 5 nitrogen and oxygen atoms in total. The number of aryl methyl sites for hydroxylation is 1. The SMILES string of the molecule is COc1ccc(Nc2ccc(C(=O)O)cc2C)cc1OC. The number of aromatic carboxylic acids is 1. The minimum atomic E-state index is -0.934. The Balaban J connectivity index is 2.28. The average molecular weight is 287 g/mol. The van der Waals surface area contributed by atoms with E-state index in [1.165, 1.54) is 0 Å². The van der Waals surface area contributed by atoms with Crippen molar-refractivity contribution in [3.63, 3.8) is 0 Å². The quantitative estimate of drug-likeness (QED) is 0.881. The van der Waals surface area contributed by atoms with Crippen LogP contribution in [0.3, 0.4) is 0 Å². The molecule has 0 saturated carbocycles. The Morgan fingerprint density at radius 3 is 2.33 bits per heavy atom. The van der Waals surface area contributed by atoms with Gasteiger partial charge in [0.2, 0.25) is 0 Å². The highest BCUT2D eigenvalue weighted by atomic mass is 16.5. The molecule has 0 unspecified atom stereocenters. The predicted octanol–water partition coefficient (Wildman–Crippen LogP) is 3.45. The van der Waals surface area contributed by atoms with Crippen LogP contribution >= 0.6 is 0 Å². The van der Waals surface area contributed by atoms with Gasteiger partial charge in [0.05, 0.1) is 19.8 Å². The topological polar surface area (TPSA) is 67.8 Å². The first kappa shape index (κ1) is 14.7. The van der Waals surface area contributed by atoms with Crippen molar-refractivity contribution < 1.29 is 19.4 Å². The Morgan fingerprint density at radius 2 is 1.76 bits per heavy atom. The zero-order chi connectivity index (χ0) is 15.4. The maximum Gasteiger partial charge on any atom is 0.335 e. The highest BCUT2D eigenvalue weighted by molar-refractivity contribution is 5.88. The predicted molar refractivity (Wildman–Crippen MR) is 81.0 cm³/mol. The summed E-state index contributed by atoms with van der Waals surface area (Å²) in [6, 6.07) is 10.4. The van der Waals surface area contributed by atoms with Gasteiger partial charge in [-0.25, -0.2) is 4.79 Å². The Kier molecular flexibility index (Phi) is 4.33. The standard InChI is InChI=1S/C16H17NO4/c1-10-8-11(16(18)19)4-6-13(10)17-12-5-7-14(20-2)15(9-12)21-3/h4-9,17H,1-3H3,(H,18,19). The van der Waals surface area contributed by atoms with Gasteiger partial charge in [-0.3, -0.25) is 0 Å². The summed E-state index contributed by atoms with van der Waals surface area (Å²) in [5.74, 6) is 0.346. The van der Waals surface area contributed by atoms with Crippen molar-refractivity contribution >= 4 is 17.3 Å². The van der Waals surface area contributed by atoms with Crippen LogP contribution in [-0.4, -0.2) is 25.3 Å². The number of ether oxygens (including phenoxy) is 2. The van der Waals surface area contributed by atoms with Crippen LogP contribution in [0, 0.1) is 6.92 Å². The van der Waals surface area contributed by atoms with E-state index in [1.54, 1.807) is 32.4 Å². The van der Waals surface area contributed by atoms with E-state index >= 15 is 0 Å². The molecule has 0 aliphatic heterocycles. The molecule has 0 atom stereocenters. The van der Waals surface area contributed by atoms with Gasteiger partial charge in [-0.15, -0.1) is 0 Å². The molecule has 0 aliphatic rings. The maximum absolute atomic E-state index is 10.9. The molecule has 0 aliphatic carbocycles. The van der Waals surface area contributed by atoms with Crippen molar-refractivity contribution in [3.8, 4) is 11.5 Å². The summed E-state index contributed by atoms with van der Waals surface area (Å²) in [5, 5.41) is 12.2. The normalized spacial score (nSPS) is 10.0. The number of methoxy groups -OCH3 is 2. The lowest BCUT2D eigenvalue weighted by atomic mass is 10.1. The van der Waals surface area contributed by atoms with Crippen LogP contribution in [0.25, 0.3) is 0 Å². The van der Waals surface area contributed by atoms with E-state index in [2.05, 4.69) is 5.32 Å². The number of carboxylic acids is 1. The highest BCUT2D eigenvalue weighted by Crippen LogP contribution is 2.31. The zero-order valence-electron chi connectivity index (χ0n) is 12.1. The van der Waals surface area contributed by atoms with Crippen molar-refractivity contribution in [3.05, 3.63) is 47.5 Å². The minimum absolute atomic E-state index is 0.269.